The molecule has 6 heteroatoms. The molecule has 0 unspecified atom stereocenters. The number of pyridine rings is 1. The van der Waals surface area contributed by atoms with Gasteiger partial charge in [0, 0.05) is 11.6 Å². The molecule has 0 bridgehead atoms. The van der Waals surface area contributed by atoms with Gasteiger partial charge in [0.05, 0.1) is 4.47 Å². The molecule has 1 aromatic heterocycles. The summed E-state index contributed by atoms with van der Waals surface area (Å²) in [5.74, 6) is 0.196. The van der Waals surface area contributed by atoms with Gasteiger partial charge < -0.3 is 4.18 Å². The summed E-state index contributed by atoms with van der Waals surface area (Å²) < 4.78 is 31.0. The third-order valence-corrected chi connectivity index (χ3v) is 5.24. The van der Waals surface area contributed by atoms with Crippen LogP contribution in [-0.4, -0.2) is 13.4 Å². The van der Waals surface area contributed by atoms with Crippen molar-refractivity contribution in [2.45, 2.75) is 11.8 Å². The van der Waals surface area contributed by atoms with Crippen molar-refractivity contribution in [2.75, 3.05) is 0 Å². The average molecular weight is 378 g/mol. The second-order valence-corrected chi connectivity index (χ2v) is 7.12. The Kier molecular flexibility index (Phi) is 3.88. The molecule has 0 N–H and O–H groups in total. The van der Waals surface area contributed by atoms with Crippen molar-refractivity contribution < 1.29 is 12.6 Å². The minimum atomic E-state index is -3.93. The Morgan fingerprint density at radius 3 is 2.59 bits per heavy atom. The van der Waals surface area contributed by atoms with Gasteiger partial charge in [0.1, 0.15) is 10.4 Å². The van der Waals surface area contributed by atoms with Gasteiger partial charge in [-0.15, -0.1) is 0 Å². The summed E-state index contributed by atoms with van der Waals surface area (Å²) in [6, 6.07) is 13.9. The maximum absolute atomic E-state index is 12.5. The van der Waals surface area contributed by atoms with E-state index < -0.39 is 10.1 Å². The first kappa shape index (κ1) is 15.0. The Hall–Kier alpha value is -1.92. The lowest BCUT2D eigenvalue weighted by Gasteiger charge is -2.12. The lowest BCUT2D eigenvalue weighted by atomic mass is 10.2. The minimum absolute atomic E-state index is 0.148. The van der Waals surface area contributed by atoms with Crippen molar-refractivity contribution in [3.8, 4) is 5.75 Å². The number of fused-ring (bicyclic) bond motifs is 1. The smallest absolute Gasteiger partial charge is 0.339 e. The van der Waals surface area contributed by atoms with Crippen molar-refractivity contribution in [1.29, 1.82) is 0 Å². The van der Waals surface area contributed by atoms with Gasteiger partial charge in [-0.3, -0.25) is 4.98 Å². The van der Waals surface area contributed by atoms with Crippen molar-refractivity contribution in [3.63, 3.8) is 0 Å². The zero-order chi connectivity index (χ0) is 15.7. The number of benzene rings is 2. The summed E-state index contributed by atoms with van der Waals surface area (Å²) in [5, 5.41) is 0.806. The minimum Gasteiger partial charge on any atom is -0.375 e. The maximum atomic E-state index is 12.5. The standard InChI is InChI=1S/C16H12BrNO3S/c1-11-5-2-3-7-14(11)22(19,20)21-16-13(17)9-8-12-6-4-10-18-15(12)16/h2-10H,1H3. The first-order chi connectivity index (χ1) is 10.5. The molecule has 3 rings (SSSR count). The molecule has 0 aliphatic heterocycles. The Balaban J connectivity index is 2.14. The molecule has 112 valence electrons. The zero-order valence-electron chi connectivity index (χ0n) is 11.7. The average Bonchev–Trinajstić information content (AvgIpc) is 2.50. The molecule has 0 atom stereocenters. The Labute approximate surface area is 137 Å². The van der Waals surface area contributed by atoms with Crippen LogP contribution in [0.5, 0.6) is 5.75 Å². The van der Waals surface area contributed by atoms with E-state index in [1.165, 1.54) is 6.07 Å². The highest BCUT2D eigenvalue weighted by Crippen LogP contribution is 2.34. The van der Waals surface area contributed by atoms with E-state index in [0.717, 1.165) is 5.39 Å². The molecular formula is C16H12BrNO3S. The van der Waals surface area contributed by atoms with E-state index in [2.05, 4.69) is 20.9 Å². The molecule has 0 aliphatic rings. The van der Waals surface area contributed by atoms with E-state index in [1.807, 2.05) is 12.1 Å². The summed E-state index contributed by atoms with van der Waals surface area (Å²) in [6.07, 6.45) is 1.60. The van der Waals surface area contributed by atoms with Crippen LogP contribution in [0.2, 0.25) is 0 Å². The second kappa shape index (κ2) is 5.70. The van der Waals surface area contributed by atoms with E-state index in [4.69, 9.17) is 4.18 Å². The van der Waals surface area contributed by atoms with Crippen LogP contribution < -0.4 is 4.18 Å². The molecule has 22 heavy (non-hydrogen) atoms. The van der Waals surface area contributed by atoms with Gasteiger partial charge in [0.2, 0.25) is 0 Å². The molecule has 2 aromatic carbocycles. The number of aryl methyl sites for hydroxylation is 1. The van der Waals surface area contributed by atoms with E-state index in [-0.39, 0.29) is 10.6 Å². The summed E-state index contributed by atoms with van der Waals surface area (Å²) in [4.78, 5) is 4.37. The van der Waals surface area contributed by atoms with Gasteiger partial charge in [0.15, 0.2) is 5.75 Å². The molecule has 0 amide bonds. The highest BCUT2D eigenvalue weighted by atomic mass is 79.9. The molecule has 0 saturated heterocycles. The Bertz CT molecular complexity index is 955. The van der Waals surface area contributed by atoms with Gasteiger partial charge in [-0.1, -0.05) is 30.3 Å². The van der Waals surface area contributed by atoms with Gasteiger partial charge in [-0.2, -0.15) is 8.42 Å². The van der Waals surface area contributed by atoms with Crippen LogP contribution in [-0.2, 0) is 10.1 Å². The number of hydrogen-bond donors (Lipinski definition) is 0. The van der Waals surface area contributed by atoms with Crippen LogP contribution in [0.25, 0.3) is 10.9 Å². The largest absolute Gasteiger partial charge is 0.375 e. The number of nitrogens with zero attached hydrogens (tertiary/aromatic N) is 1. The zero-order valence-corrected chi connectivity index (χ0v) is 14.1. The fourth-order valence-electron chi connectivity index (χ4n) is 2.16. The fourth-order valence-corrected chi connectivity index (χ4v) is 3.86. The van der Waals surface area contributed by atoms with Crippen molar-refractivity contribution in [2.24, 2.45) is 0 Å². The molecule has 4 nitrogen and oxygen atoms in total. The third kappa shape index (κ3) is 2.71. The number of hydrogen-bond acceptors (Lipinski definition) is 4. The Morgan fingerprint density at radius 2 is 1.82 bits per heavy atom. The molecule has 3 aromatic rings. The molecular weight excluding hydrogens is 366 g/mol. The van der Waals surface area contributed by atoms with Crippen LogP contribution in [0.1, 0.15) is 5.56 Å². The van der Waals surface area contributed by atoms with Crippen LogP contribution in [0.3, 0.4) is 0 Å². The van der Waals surface area contributed by atoms with Crippen LogP contribution in [0, 0.1) is 6.92 Å². The van der Waals surface area contributed by atoms with E-state index in [9.17, 15) is 8.42 Å². The van der Waals surface area contributed by atoms with Gasteiger partial charge >= 0.3 is 10.1 Å². The van der Waals surface area contributed by atoms with Crippen molar-refractivity contribution in [1.82, 2.24) is 4.98 Å². The highest BCUT2D eigenvalue weighted by Gasteiger charge is 2.22. The SMILES string of the molecule is Cc1ccccc1S(=O)(=O)Oc1c(Br)ccc2cccnc12. The van der Waals surface area contributed by atoms with Crippen LogP contribution in [0.4, 0.5) is 0 Å². The first-order valence-corrected chi connectivity index (χ1v) is 8.72. The molecule has 0 fully saturated rings. The lowest BCUT2D eigenvalue weighted by Crippen LogP contribution is -2.12. The molecule has 1 heterocycles. The summed E-state index contributed by atoms with van der Waals surface area (Å²) in [6.45, 7) is 1.73. The molecule has 0 radical (unpaired) electrons. The van der Waals surface area contributed by atoms with E-state index >= 15 is 0 Å². The molecule has 0 saturated carbocycles. The highest BCUT2D eigenvalue weighted by molar-refractivity contribution is 9.10. The van der Waals surface area contributed by atoms with Crippen molar-refractivity contribution in [3.05, 3.63) is 64.8 Å². The summed E-state index contributed by atoms with van der Waals surface area (Å²) in [5.41, 5.74) is 1.13. The van der Waals surface area contributed by atoms with E-state index in [0.29, 0.717) is 15.6 Å². The third-order valence-electron chi connectivity index (χ3n) is 3.24. The predicted molar refractivity (Wildman–Crippen MR) is 88.4 cm³/mol. The van der Waals surface area contributed by atoms with Gasteiger partial charge in [0.25, 0.3) is 0 Å². The molecule has 0 aliphatic carbocycles. The van der Waals surface area contributed by atoms with Crippen LogP contribution in [0.15, 0.2) is 64.1 Å². The monoisotopic (exact) mass is 377 g/mol. The number of rotatable bonds is 3. The number of aromatic nitrogens is 1. The second-order valence-electron chi connectivity index (χ2n) is 4.75. The van der Waals surface area contributed by atoms with E-state index in [1.54, 1.807) is 43.5 Å². The van der Waals surface area contributed by atoms with Gasteiger partial charge in [-0.25, -0.2) is 0 Å². The fraction of sp³-hybridized carbons (Fsp3) is 0.0625. The first-order valence-electron chi connectivity index (χ1n) is 6.52. The molecule has 0 spiro atoms. The Morgan fingerprint density at radius 1 is 1.05 bits per heavy atom. The maximum Gasteiger partial charge on any atom is 0.339 e. The topological polar surface area (TPSA) is 56.3 Å². The quantitative estimate of drug-likeness (QED) is 0.645. The van der Waals surface area contributed by atoms with Gasteiger partial charge in [-0.05, 0) is 46.6 Å². The normalized spacial score (nSPS) is 11.5. The van der Waals surface area contributed by atoms with Crippen LogP contribution >= 0.6 is 15.9 Å². The predicted octanol–water partition coefficient (Wildman–Crippen LogP) is 4.07. The lowest BCUT2D eigenvalue weighted by molar-refractivity contribution is 0.486. The summed E-state index contributed by atoms with van der Waals surface area (Å²) >= 11 is 3.33. The summed E-state index contributed by atoms with van der Waals surface area (Å²) in [7, 11) is -3.93. The number of halogens is 1. The van der Waals surface area contributed by atoms with Crippen molar-refractivity contribution >= 4 is 37.0 Å².